The van der Waals surface area contributed by atoms with Crippen molar-refractivity contribution >= 4 is 21.4 Å². The van der Waals surface area contributed by atoms with Crippen LogP contribution in [0.2, 0.25) is 0 Å². The molecule has 0 aliphatic rings. The van der Waals surface area contributed by atoms with Crippen LogP contribution in [0.15, 0.2) is 42.3 Å². The summed E-state index contributed by atoms with van der Waals surface area (Å²) in [6, 6.07) is 8.36. The molecular weight excluding hydrogens is 228 g/mol. The third-order valence-corrected chi connectivity index (χ3v) is 4.03. The van der Waals surface area contributed by atoms with Crippen LogP contribution in [0.3, 0.4) is 0 Å². The van der Waals surface area contributed by atoms with E-state index in [1.165, 1.54) is 15.6 Å². The first kappa shape index (κ1) is 12.3. The number of rotatable bonds is 5. The molecule has 1 atom stereocenters. The van der Waals surface area contributed by atoms with Crippen molar-refractivity contribution < 1.29 is 5.11 Å². The maximum Gasteiger partial charge on any atom is 0.0663 e. The molecule has 1 unspecified atom stereocenters. The first-order chi connectivity index (χ1) is 8.12. The van der Waals surface area contributed by atoms with Crippen LogP contribution in [0.25, 0.3) is 10.1 Å². The van der Waals surface area contributed by atoms with E-state index in [9.17, 15) is 5.11 Å². The summed E-state index contributed by atoms with van der Waals surface area (Å²) in [5.41, 5.74) is 0.609. The Morgan fingerprint density at radius 3 is 2.94 bits per heavy atom. The van der Waals surface area contributed by atoms with Crippen molar-refractivity contribution in [3.8, 4) is 0 Å². The smallest absolute Gasteiger partial charge is 0.0663 e. The quantitative estimate of drug-likeness (QED) is 0.785. The molecule has 2 aromatic rings. The highest BCUT2D eigenvalue weighted by atomic mass is 32.1. The second-order valence-corrected chi connectivity index (χ2v) is 5.67. The van der Waals surface area contributed by atoms with Gasteiger partial charge in [-0.15, -0.1) is 17.9 Å². The molecule has 2 heteroatoms. The lowest BCUT2D eigenvalue weighted by Crippen LogP contribution is -2.26. The minimum atomic E-state index is -0.641. The van der Waals surface area contributed by atoms with Crippen LogP contribution in [0, 0.1) is 0 Å². The predicted molar refractivity (Wildman–Crippen MR) is 75.6 cm³/mol. The van der Waals surface area contributed by atoms with Gasteiger partial charge in [-0.2, -0.15) is 0 Å². The first-order valence-corrected chi connectivity index (χ1v) is 6.79. The van der Waals surface area contributed by atoms with E-state index >= 15 is 0 Å². The van der Waals surface area contributed by atoms with Gasteiger partial charge in [-0.1, -0.05) is 24.3 Å². The van der Waals surface area contributed by atoms with Crippen molar-refractivity contribution in [2.45, 2.75) is 31.8 Å². The van der Waals surface area contributed by atoms with Gasteiger partial charge in [0.1, 0.15) is 0 Å². The zero-order valence-electron chi connectivity index (χ0n) is 10.1. The fourth-order valence-corrected chi connectivity index (χ4v) is 3.04. The Bertz CT molecular complexity index is 510. The van der Waals surface area contributed by atoms with Crippen LogP contribution in [-0.4, -0.2) is 10.7 Å². The summed E-state index contributed by atoms with van der Waals surface area (Å²) in [7, 11) is 0. The van der Waals surface area contributed by atoms with Crippen LogP contribution < -0.4 is 0 Å². The molecule has 2 rings (SSSR count). The van der Waals surface area contributed by atoms with Crippen molar-refractivity contribution in [2.24, 2.45) is 0 Å². The average Bonchev–Trinajstić information content (AvgIpc) is 2.70. The number of allylic oxidation sites excluding steroid dienone is 1. The van der Waals surface area contributed by atoms with Crippen LogP contribution in [-0.2, 0) is 6.42 Å². The Kier molecular flexibility index (Phi) is 3.65. The highest BCUT2D eigenvalue weighted by Gasteiger charge is 2.21. The first-order valence-electron chi connectivity index (χ1n) is 5.91. The van der Waals surface area contributed by atoms with Gasteiger partial charge in [-0.3, -0.25) is 0 Å². The SMILES string of the molecule is C=CCCC(C)(O)Cc1csc2ccccc12. The van der Waals surface area contributed by atoms with Gasteiger partial charge in [-0.05, 0) is 42.2 Å². The van der Waals surface area contributed by atoms with Crippen LogP contribution in [0.1, 0.15) is 25.3 Å². The summed E-state index contributed by atoms with van der Waals surface area (Å²) < 4.78 is 1.29. The van der Waals surface area contributed by atoms with Gasteiger partial charge in [0.2, 0.25) is 0 Å². The van der Waals surface area contributed by atoms with Gasteiger partial charge in [0.05, 0.1) is 5.60 Å². The summed E-state index contributed by atoms with van der Waals surface area (Å²) in [6.07, 6.45) is 4.20. The Morgan fingerprint density at radius 1 is 1.41 bits per heavy atom. The van der Waals surface area contributed by atoms with Crippen LogP contribution in [0.5, 0.6) is 0 Å². The minimum Gasteiger partial charge on any atom is -0.390 e. The van der Waals surface area contributed by atoms with Crippen LogP contribution >= 0.6 is 11.3 Å². The van der Waals surface area contributed by atoms with Gasteiger partial charge >= 0.3 is 0 Å². The van der Waals surface area contributed by atoms with E-state index in [4.69, 9.17) is 0 Å². The zero-order valence-corrected chi connectivity index (χ0v) is 11.0. The van der Waals surface area contributed by atoms with Gasteiger partial charge in [-0.25, -0.2) is 0 Å². The fourth-order valence-electron chi connectivity index (χ4n) is 2.08. The highest BCUT2D eigenvalue weighted by molar-refractivity contribution is 7.17. The Hall–Kier alpha value is -1.12. The van der Waals surface area contributed by atoms with Crippen molar-refractivity contribution in [3.63, 3.8) is 0 Å². The van der Waals surface area contributed by atoms with Crippen molar-refractivity contribution in [2.75, 3.05) is 0 Å². The normalized spacial score (nSPS) is 14.7. The van der Waals surface area contributed by atoms with E-state index in [1.54, 1.807) is 11.3 Å². The highest BCUT2D eigenvalue weighted by Crippen LogP contribution is 2.29. The number of fused-ring (bicyclic) bond motifs is 1. The third-order valence-electron chi connectivity index (χ3n) is 3.02. The van der Waals surface area contributed by atoms with E-state index in [1.807, 2.05) is 13.0 Å². The molecule has 0 saturated heterocycles. The molecule has 0 aliphatic carbocycles. The molecule has 0 aliphatic heterocycles. The molecule has 90 valence electrons. The number of thiophene rings is 1. The predicted octanol–water partition coefficient (Wildman–Crippen LogP) is 4.16. The van der Waals surface area contributed by atoms with Gasteiger partial charge in [0, 0.05) is 11.1 Å². The molecule has 1 N–H and O–H groups in total. The van der Waals surface area contributed by atoms with Gasteiger partial charge in [0.15, 0.2) is 0 Å². The van der Waals surface area contributed by atoms with Crippen molar-refractivity contribution in [1.82, 2.24) is 0 Å². The number of hydrogen-bond donors (Lipinski definition) is 1. The third kappa shape index (κ3) is 2.96. The summed E-state index contributed by atoms with van der Waals surface area (Å²) in [6.45, 7) is 5.61. The fraction of sp³-hybridized carbons (Fsp3) is 0.333. The lowest BCUT2D eigenvalue weighted by atomic mass is 9.92. The molecule has 1 nitrogen and oxygen atoms in total. The minimum absolute atomic E-state index is 0.641. The largest absolute Gasteiger partial charge is 0.390 e. The molecule has 1 aromatic carbocycles. The second kappa shape index (κ2) is 5.03. The molecule has 0 spiro atoms. The Labute approximate surface area is 106 Å². The molecule has 0 amide bonds. The summed E-state index contributed by atoms with van der Waals surface area (Å²) >= 11 is 1.75. The van der Waals surface area contributed by atoms with Gasteiger partial charge in [0.25, 0.3) is 0 Å². The molecule has 0 radical (unpaired) electrons. The average molecular weight is 246 g/mol. The molecule has 1 heterocycles. The second-order valence-electron chi connectivity index (χ2n) is 4.76. The van der Waals surface area contributed by atoms with Crippen LogP contribution in [0.4, 0.5) is 0 Å². The monoisotopic (exact) mass is 246 g/mol. The van der Waals surface area contributed by atoms with E-state index in [2.05, 4.69) is 36.2 Å². The zero-order chi connectivity index (χ0) is 12.3. The van der Waals surface area contributed by atoms with E-state index in [0.717, 1.165) is 12.8 Å². The number of benzene rings is 1. The van der Waals surface area contributed by atoms with E-state index in [0.29, 0.717) is 6.42 Å². The lowest BCUT2D eigenvalue weighted by molar-refractivity contribution is 0.0527. The summed E-state index contributed by atoms with van der Waals surface area (Å²) in [5, 5.41) is 13.8. The maximum atomic E-state index is 10.3. The lowest BCUT2D eigenvalue weighted by Gasteiger charge is -2.22. The molecule has 0 saturated carbocycles. The molecular formula is C15H18OS. The molecule has 1 aromatic heterocycles. The molecule has 0 bridgehead atoms. The Balaban J connectivity index is 2.20. The van der Waals surface area contributed by atoms with Gasteiger partial charge < -0.3 is 5.11 Å². The Morgan fingerprint density at radius 2 is 2.18 bits per heavy atom. The molecule has 17 heavy (non-hydrogen) atoms. The van der Waals surface area contributed by atoms with E-state index in [-0.39, 0.29) is 0 Å². The topological polar surface area (TPSA) is 20.2 Å². The summed E-state index contributed by atoms with van der Waals surface area (Å²) in [5.74, 6) is 0. The molecule has 0 fully saturated rings. The summed E-state index contributed by atoms with van der Waals surface area (Å²) in [4.78, 5) is 0. The van der Waals surface area contributed by atoms with Crippen molar-refractivity contribution in [1.29, 1.82) is 0 Å². The van der Waals surface area contributed by atoms with E-state index < -0.39 is 5.60 Å². The number of hydrogen-bond acceptors (Lipinski definition) is 2. The number of aliphatic hydroxyl groups is 1. The standard InChI is InChI=1S/C15H18OS/c1-3-4-9-15(2,16)10-12-11-17-14-8-6-5-7-13(12)14/h3,5-8,11,16H,1,4,9-10H2,2H3. The van der Waals surface area contributed by atoms with Crippen molar-refractivity contribution in [3.05, 3.63) is 47.9 Å². The maximum absolute atomic E-state index is 10.3.